The van der Waals surface area contributed by atoms with E-state index in [2.05, 4.69) is 15.0 Å². The van der Waals surface area contributed by atoms with E-state index in [-0.39, 0.29) is 35.2 Å². The average Bonchev–Trinajstić information content (AvgIpc) is 2.98. The van der Waals surface area contributed by atoms with Crippen LogP contribution in [0.2, 0.25) is 5.02 Å². The van der Waals surface area contributed by atoms with Gasteiger partial charge in [0, 0.05) is 13.5 Å². The second-order valence-electron chi connectivity index (χ2n) is 6.24. The number of carbonyl (C=O) groups is 2. The molecule has 0 spiro atoms. The summed E-state index contributed by atoms with van der Waals surface area (Å²) in [6, 6.07) is 3.54. The largest absolute Gasteiger partial charge is 0.480 e. The highest BCUT2D eigenvalue weighted by Gasteiger charge is 2.20. The lowest BCUT2D eigenvalue weighted by Gasteiger charge is -2.11. The maximum Gasteiger partial charge on any atom is 0.320 e. The molecule has 1 amide bonds. The third-order valence-electron chi connectivity index (χ3n) is 3.86. The molecule has 1 heterocycles. The second-order valence-corrected chi connectivity index (χ2v) is 9.39. The Kier molecular flexibility index (Phi) is 7.72. The molecule has 1 aromatic carbocycles. The summed E-state index contributed by atoms with van der Waals surface area (Å²) in [5.41, 5.74) is 6.63. The number of nitrogens with zero attached hydrogens (tertiary/aromatic N) is 1. The van der Waals surface area contributed by atoms with E-state index in [1.165, 1.54) is 30.4 Å². The van der Waals surface area contributed by atoms with Crippen LogP contribution in [0.15, 0.2) is 23.1 Å². The lowest BCUT2D eigenvalue weighted by Crippen LogP contribution is -2.32. The summed E-state index contributed by atoms with van der Waals surface area (Å²) in [4.78, 5) is 26.8. The topological polar surface area (TPSA) is 151 Å². The van der Waals surface area contributed by atoms with Crippen molar-refractivity contribution in [3.63, 3.8) is 0 Å². The number of carboxylic acids is 1. The Bertz CT molecular complexity index is 1020. The molecule has 0 fully saturated rings. The lowest BCUT2D eigenvalue weighted by atomic mass is 10.2. The van der Waals surface area contributed by atoms with E-state index in [9.17, 15) is 18.0 Å². The predicted octanol–water partition coefficient (Wildman–Crippen LogP) is 2.20. The van der Waals surface area contributed by atoms with E-state index in [0.29, 0.717) is 21.3 Å². The first kappa shape index (κ1) is 23.2. The van der Waals surface area contributed by atoms with Crippen molar-refractivity contribution in [2.75, 3.05) is 11.9 Å². The van der Waals surface area contributed by atoms with Crippen molar-refractivity contribution in [2.45, 2.75) is 37.6 Å². The van der Waals surface area contributed by atoms with Gasteiger partial charge in [0.1, 0.15) is 10.9 Å². The van der Waals surface area contributed by atoms with Crippen molar-refractivity contribution in [2.24, 2.45) is 5.73 Å². The SMILES string of the molecule is CC(=O)Nc1nc(C)c(-c2ccc(Cl)c(S(=O)(=O)NCCC[C@H](N)C(=O)O)c2)s1. The van der Waals surface area contributed by atoms with Gasteiger partial charge in [-0.25, -0.2) is 18.1 Å². The molecule has 12 heteroatoms. The van der Waals surface area contributed by atoms with Gasteiger partial charge < -0.3 is 16.2 Å². The van der Waals surface area contributed by atoms with E-state index >= 15 is 0 Å². The Morgan fingerprint density at radius 2 is 2.07 bits per heavy atom. The molecule has 0 saturated carbocycles. The van der Waals surface area contributed by atoms with Crippen LogP contribution in [0.3, 0.4) is 0 Å². The zero-order valence-electron chi connectivity index (χ0n) is 15.7. The third-order valence-corrected chi connectivity index (χ3v) is 6.93. The lowest BCUT2D eigenvalue weighted by molar-refractivity contribution is -0.138. The first-order valence-corrected chi connectivity index (χ1v) is 11.2. The molecule has 1 aromatic heterocycles. The number of sulfonamides is 1. The van der Waals surface area contributed by atoms with Crippen LogP contribution in [0.4, 0.5) is 5.13 Å². The summed E-state index contributed by atoms with van der Waals surface area (Å²) in [6.07, 6.45) is 0.398. The third kappa shape index (κ3) is 6.21. The summed E-state index contributed by atoms with van der Waals surface area (Å²) < 4.78 is 27.7. The van der Waals surface area contributed by atoms with E-state index in [1.54, 1.807) is 13.0 Å². The van der Waals surface area contributed by atoms with Crippen LogP contribution in [-0.4, -0.2) is 43.0 Å². The Balaban J connectivity index is 2.21. The van der Waals surface area contributed by atoms with Crippen molar-refractivity contribution in [3.05, 3.63) is 28.9 Å². The van der Waals surface area contributed by atoms with Gasteiger partial charge in [-0.15, -0.1) is 0 Å². The molecule has 0 bridgehead atoms. The first-order chi connectivity index (χ1) is 13.5. The monoisotopic (exact) mass is 460 g/mol. The Morgan fingerprint density at radius 1 is 1.38 bits per heavy atom. The summed E-state index contributed by atoms with van der Waals surface area (Å²) in [6.45, 7) is 3.15. The Labute approximate surface area is 177 Å². The Hall–Kier alpha value is -2.05. The molecule has 0 radical (unpaired) electrons. The number of aliphatic carboxylic acids is 1. The van der Waals surface area contributed by atoms with Gasteiger partial charge in [0.2, 0.25) is 15.9 Å². The number of carboxylic acid groups (broad SMARTS) is 1. The molecule has 0 aliphatic heterocycles. The van der Waals surface area contributed by atoms with E-state index < -0.39 is 22.0 Å². The van der Waals surface area contributed by atoms with Crippen LogP contribution in [0.25, 0.3) is 10.4 Å². The van der Waals surface area contributed by atoms with Gasteiger partial charge in [-0.1, -0.05) is 29.0 Å². The standard InChI is InChI=1S/C17H21ClN4O5S2/c1-9-15(28-17(21-9)22-10(2)23)11-5-6-12(18)14(8-11)29(26,27)20-7-3-4-13(19)16(24)25/h5-6,8,13,20H,3-4,7,19H2,1-2H3,(H,24,25)(H,21,22,23)/t13-/m0/s1. The van der Waals surface area contributed by atoms with Crippen molar-refractivity contribution in [3.8, 4) is 10.4 Å². The van der Waals surface area contributed by atoms with Gasteiger partial charge in [0.05, 0.1) is 15.6 Å². The number of hydrogen-bond acceptors (Lipinski definition) is 7. The maximum absolute atomic E-state index is 12.6. The van der Waals surface area contributed by atoms with Gasteiger partial charge in [-0.2, -0.15) is 0 Å². The maximum atomic E-state index is 12.6. The number of aryl methyl sites for hydroxylation is 1. The van der Waals surface area contributed by atoms with Crippen LogP contribution >= 0.6 is 22.9 Å². The van der Waals surface area contributed by atoms with Crippen LogP contribution in [0, 0.1) is 6.92 Å². The second kappa shape index (κ2) is 9.63. The van der Waals surface area contributed by atoms with Crippen molar-refractivity contribution < 1.29 is 23.1 Å². The van der Waals surface area contributed by atoms with E-state index in [1.807, 2.05) is 0 Å². The first-order valence-electron chi connectivity index (χ1n) is 8.54. The fourth-order valence-corrected chi connectivity index (χ4v) is 5.06. The highest BCUT2D eigenvalue weighted by Crippen LogP contribution is 2.35. The highest BCUT2D eigenvalue weighted by molar-refractivity contribution is 7.89. The van der Waals surface area contributed by atoms with Crippen molar-refractivity contribution >= 4 is 50.0 Å². The number of aromatic nitrogens is 1. The summed E-state index contributed by atoms with van der Waals surface area (Å²) >= 11 is 7.32. The number of amides is 1. The van der Waals surface area contributed by atoms with Gasteiger partial charge >= 0.3 is 5.97 Å². The molecular weight excluding hydrogens is 440 g/mol. The predicted molar refractivity (Wildman–Crippen MR) is 112 cm³/mol. The number of nitrogens with two attached hydrogens (primary N) is 1. The number of hydrogen-bond donors (Lipinski definition) is 4. The number of rotatable bonds is 9. The van der Waals surface area contributed by atoms with Gasteiger partial charge in [-0.05, 0) is 37.5 Å². The minimum absolute atomic E-state index is 0.0239. The highest BCUT2D eigenvalue weighted by atomic mass is 35.5. The summed E-state index contributed by atoms with van der Waals surface area (Å²) in [5.74, 6) is -1.39. The molecule has 1 atom stereocenters. The van der Waals surface area contributed by atoms with Crippen LogP contribution < -0.4 is 15.8 Å². The molecule has 2 rings (SSSR count). The van der Waals surface area contributed by atoms with E-state index in [4.69, 9.17) is 22.4 Å². The number of benzene rings is 1. The van der Waals surface area contributed by atoms with Crippen molar-refractivity contribution in [1.29, 1.82) is 0 Å². The van der Waals surface area contributed by atoms with Crippen LogP contribution in [-0.2, 0) is 19.6 Å². The molecule has 0 unspecified atom stereocenters. The van der Waals surface area contributed by atoms with Gasteiger partial charge in [0.25, 0.3) is 0 Å². The fourth-order valence-electron chi connectivity index (χ4n) is 2.45. The molecule has 0 aliphatic carbocycles. The zero-order chi connectivity index (χ0) is 21.8. The van der Waals surface area contributed by atoms with Gasteiger partial charge in [-0.3, -0.25) is 9.59 Å². The molecule has 158 valence electrons. The minimum atomic E-state index is -3.92. The molecule has 0 aliphatic rings. The summed E-state index contributed by atoms with van der Waals surface area (Å²) in [7, 11) is -3.92. The smallest absolute Gasteiger partial charge is 0.320 e. The average molecular weight is 461 g/mol. The van der Waals surface area contributed by atoms with Gasteiger partial charge in [0.15, 0.2) is 5.13 Å². The Morgan fingerprint density at radius 3 is 2.69 bits per heavy atom. The number of carbonyl (C=O) groups excluding carboxylic acids is 1. The molecule has 9 nitrogen and oxygen atoms in total. The van der Waals surface area contributed by atoms with E-state index in [0.717, 1.165) is 0 Å². The van der Waals surface area contributed by atoms with Crippen LogP contribution in [0.5, 0.6) is 0 Å². The van der Waals surface area contributed by atoms with Crippen LogP contribution in [0.1, 0.15) is 25.5 Å². The molecular formula is C17H21ClN4O5S2. The molecule has 2 aromatic rings. The normalized spacial score (nSPS) is 12.6. The molecule has 0 saturated heterocycles. The zero-order valence-corrected chi connectivity index (χ0v) is 18.1. The number of nitrogens with one attached hydrogen (secondary N) is 2. The summed E-state index contributed by atoms with van der Waals surface area (Å²) in [5, 5.41) is 11.8. The molecule has 29 heavy (non-hydrogen) atoms. The number of halogens is 1. The fraction of sp³-hybridized carbons (Fsp3) is 0.353. The molecule has 5 N–H and O–H groups in total. The number of thiazole rings is 1. The number of anilines is 1. The minimum Gasteiger partial charge on any atom is -0.480 e. The quantitative estimate of drug-likeness (QED) is 0.418. The van der Waals surface area contributed by atoms with Crippen molar-refractivity contribution in [1.82, 2.24) is 9.71 Å².